The Morgan fingerprint density at radius 3 is 2.60 bits per heavy atom. The number of nitrogens with zero attached hydrogens (tertiary/aromatic N) is 1. The van der Waals surface area contributed by atoms with Crippen molar-refractivity contribution in [1.29, 1.82) is 0 Å². The second-order valence-electron chi connectivity index (χ2n) is 6.17. The first-order valence-electron chi connectivity index (χ1n) is 8.66. The van der Waals surface area contributed by atoms with Crippen LogP contribution in [0.4, 0.5) is 11.6 Å². The molecule has 2 aromatic heterocycles. The molecule has 0 fully saturated rings. The van der Waals surface area contributed by atoms with Crippen LogP contribution in [0.1, 0.15) is 10.6 Å². The Morgan fingerprint density at radius 1 is 1.07 bits per heavy atom. The number of esters is 1. The summed E-state index contributed by atoms with van der Waals surface area (Å²) < 4.78 is 20.7. The molecule has 30 heavy (non-hydrogen) atoms. The number of ether oxygens (including phenoxy) is 2. The maximum atomic E-state index is 12.2. The Balaban J connectivity index is 1.48. The molecule has 152 valence electrons. The highest BCUT2D eigenvalue weighted by atomic mass is 16.7. The molecule has 1 N–H and O–H groups in total. The molecule has 0 aliphatic rings. The number of benzene rings is 2. The molecule has 10 nitrogen and oxygen atoms in total. The molecule has 1 amide bonds. The van der Waals surface area contributed by atoms with Gasteiger partial charge in [-0.2, -0.15) is 0 Å². The van der Waals surface area contributed by atoms with Crippen molar-refractivity contribution in [1.82, 2.24) is 0 Å². The van der Waals surface area contributed by atoms with E-state index >= 15 is 0 Å². The van der Waals surface area contributed by atoms with Crippen molar-refractivity contribution in [3.8, 4) is 5.75 Å². The molecule has 0 aliphatic carbocycles. The Bertz CT molecular complexity index is 1290. The number of carbonyl (C=O) groups is 2. The highest BCUT2D eigenvalue weighted by molar-refractivity contribution is 6.08. The Hall–Kier alpha value is -4.34. The summed E-state index contributed by atoms with van der Waals surface area (Å²) in [5.41, 5.74) is 1.57. The van der Waals surface area contributed by atoms with Crippen LogP contribution in [0.5, 0.6) is 5.75 Å². The Kier molecular flexibility index (Phi) is 4.80. The SMILES string of the molecule is COc1cc2c(cc1NC(=O)COC(=O)c1ccc([N+](=O)[O-])o1)oc1ccccc12. The van der Waals surface area contributed by atoms with E-state index in [1.807, 2.05) is 24.3 Å². The quantitative estimate of drug-likeness (QED) is 0.287. The van der Waals surface area contributed by atoms with Crippen molar-refractivity contribution in [3.63, 3.8) is 0 Å². The number of hydrogen-bond acceptors (Lipinski definition) is 8. The first-order valence-corrected chi connectivity index (χ1v) is 8.66. The molecule has 0 unspecified atom stereocenters. The highest BCUT2D eigenvalue weighted by Gasteiger charge is 2.20. The van der Waals surface area contributed by atoms with Crippen molar-refractivity contribution in [2.24, 2.45) is 0 Å². The summed E-state index contributed by atoms with van der Waals surface area (Å²) in [5.74, 6) is -2.22. The van der Waals surface area contributed by atoms with E-state index in [1.165, 1.54) is 7.11 Å². The molecule has 0 radical (unpaired) electrons. The molecule has 4 aromatic rings. The topological polar surface area (TPSA) is 134 Å². The van der Waals surface area contributed by atoms with Crippen LogP contribution in [0.2, 0.25) is 0 Å². The fourth-order valence-corrected chi connectivity index (χ4v) is 2.94. The van der Waals surface area contributed by atoms with Gasteiger partial charge >= 0.3 is 11.9 Å². The number of fused-ring (bicyclic) bond motifs is 3. The van der Waals surface area contributed by atoms with Crippen LogP contribution in [0, 0.1) is 10.1 Å². The number of nitrogens with one attached hydrogen (secondary N) is 1. The first-order chi connectivity index (χ1) is 14.5. The molecule has 2 aromatic carbocycles. The smallest absolute Gasteiger partial charge is 0.433 e. The van der Waals surface area contributed by atoms with Crippen LogP contribution in [0.25, 0.3) is 21.9 Å². The average molecular weight is 410 g/mol. The lowest BCUT2D eigenvalue weighted by atomic mass is 10.1. The zero-order valence-electron chi connectivity index (χ0n) is 15.5. The van der Waals surface area contributed by atoms with Gasteiger partial charge in [0.2, 0.25) is 5.76 Å². The van der Waals surface area contributed by atoms with Gasteiger partial charge in [0.15, 0.2) is 6.61 Å². The van der Waals surface area contributed by atoms with Crippen LogP contribution in [-0.2, 0) is 9.53 Å². The van der Waals surface area contributed by atoms with Gasteiger partial charge in [0.1, 0.15) is 21.8 Å². The molecule has 0 atom stereocenters. The number of furan rings is 2. The maximum absolute atomic E-state index is 12.2. The summed E-state index contributed by atoms with van der Waals surface area (Å²) in [6.45, 7) is -0.630. The summed E-state index contributed by atoms with van der Waals surface area (Å²) in [4.78, 5) is 33.9. The molecule has 10 heteroatoms. The van der Waals surface area contributed by atoms with Gasteiger partial charge in [-0.3, -0.25) is 14.9 Å². The van der Waals surface area contributed by atoms with Gasteiger partial charge in [-0.05, 0) is 18.2 Å². The lowest BCUT2D eigenvalue weighted by Gasteiger charge is -2.10. The second-order valence-corrected chi connectivity index (χ2v) is 6.17. The van der Waals surface area contributed by atoms with E-state index in [2.05, 4.69) is 5.32 Å². The summed E-state index contributed by atoms with van der Waals surface area (Å²) in [5, 5.41) is 14.9. The lowest BCUT2D eigenvalue weighted by molar-refractivity contribution is -0.402. The van der Waals surface area contributed by atoms with Crippen LogP contribution in [0.15, 0.2) is 57.4 Å². The summed E-state index contributed by atoms with van der Waals surface area (Å²) in [6, 6.07) is 13.0. The molecule has 2 heterocycles. The summed E-state index contributed by atoms with van der Waals surface area (Å²) in [6.07, 6.45) is 0. The zero-order valence-corrected chi connectivity index (χ0v) is 15.5. The molecular formula is C20H14N2O8. The van der Waals surface area contributed by atoms with E-state index in [-0.39, 0.29) is 5.76 Å². The highest BCUT2D eigenvalue weighted by Crippen LogP contribution is 2.36. The fourth-order valence-electron chi connectivity index (χ4n) is 2.94. The van der Waals surface area contributed by atoms with Crippen molar-refractivity contribution >= 4 is 45.4 Å². The van der Waals surface area contributed by atoms with Gasteiger partial charge in [0, 0.05) is 16.8 Å². The maximum Gasteiger partial charge on any atom is 0.433 e. The number of para-hydroxylation sites is 1. The molecule has 0 bridgehead atoms. The molecule has 0 saturated carbocycles. The van der Waals surface area contributed by atoms with Crippen molar-refractivity contribution in [3.05, 3.63) is 64.4 Å². The predicted molar refractivity (Wildman–Crippen MR) is 105 cm³/mol. The number of anilines is 1. The van der Waals surface area contributed by atoms with Crippen molar-refractivity contribution in [2.75, 3.05) is 19.0 Å². The summed E-state index contributed by atoms with van der Waals surface area (Å²) >= 11 is 0. The third-order valence-electron chi connectivity index (χ3n) is 4.28. The zero-order chi connectivity index (χ0) is 21.3. The Morgan fingerprint density at radius 2 is 1.87 bits per heavy atom. The van der Waals surface area contributed by atoms with E-state index < -0.39 is 29.3 Å². The van der Waals surface area contributed by atoms with E-state index in [0.29, 0.717) is 22.6 Å². The van der Waals surface area contributed by atoms with Crippen LogP contribution in [0.3, 0.4) is 0 Å². The van der Waals surface area contributed by atoms with Crippen molar-refractivity contribution < 1.29 is 32.8 Å². The molecule has 0 spiro atoms. The van der Waals surface area contributed by atoms with E-state index in [9.17, 15) is 19.7 Å². The number of hydrogen-bond donors (Lipinski definition) is 1. The lowest BCUT2D eigenvalue weighted by Crippen LogP contribution is -2.21. The van der Waals surface area contributed by atoms with Gasteiger partial charge in [0.05, 0.1) is 18.9 Å². The normalized spacial score (nSPS) is 10.8. The standard InChI is InChI=1S/C20H14N2O8/c1-27-17-8-12-11-4-2-3-5-14(11)29-16(12)9-13(17)21-18(23)10-28-20(24)15-6-7-19(30-15)22(25)26/h2-9H,10H2,1H3,(H,21,23). The first kappa shape index (κ1) is 19.0. The number of nitro groups is 1. The number of amides is 1. The monoisotopic (exact) mass is 410 g/mol. The van der Waals surface area contributed by atoms with Gasteiger partial charge < -0.3 is 23.6 Å². The van der Waals surface area contributed by atoms with E-state index in [0.717, 1.165) is 22.9 Å². The molecule has 4 rings (SSSR count). The van der Waals surface area contributed by atoms with E-state index in [1.54, 1.807) is 12.1 Å². The summed E-state index contributed by atoms with van der Waals surface area (Å²) in [7, 11) is 1.46. The molecule has 0 saturated heterocycles. The van der Waals surface area contributed by atoms with Crippen LogP contribution >= 0.6 is 0 Å². The minimum absolute atomic E-state index is 0.332. The van der Waals surface area contributed by atoms with Crippen LogP contribution < -0.4 is 10.1 Å². The molecule has 0 aliphatic heterocycles. The third kappa shape index (κ3) is 3.53. The third-order valence-corrected chi connectivity index (χ3v) is 4.28. The van der Waals surface area contributed by atoms with E-state index in [4.69, 9.17) is 18.3 Å². The van der Waals surface area contributed by atoms with Crippen molar-refractivity contribution in [2.45, 2.75) is 0 Å². The fraction of sp³-hybridized carbons (Fsp3) is 0.100. The minimum atomic E-state index is -1.00. The number of rotatable bonds is 6. The van der Waals surface area contributed by atoms with Gasteiger partial charge in [0.25, 0.3) is 5.91 Å². The average Bonchev–Trinajstić information content (AvgIpc) is 3.36. The van der Waals surface area contributed by atoms with Crippen LogP contribution in [-0.4, -0.2) is 30.5 Å². The Labute approximate surface area is 168 Å². The largest absolute Gasteiger partial charge is 0.495 e. The second kappa shape index (κ2) is 7.59. The van der Waals surface area contributed by atoms with Gasteiger partial charge in [-0.1, -0.05) is 18.2 Å². The molecular weight excluding hydrogens is 396 g/mol. The van der Waals surface area contributed by atoms with Gasteiger partial charge in [-0.25, -0.2) is 4.79 Å². The number of carbonyl (C=O) groups excluding carboxylic acids is 2. The minimum Gasteiger partial charge on any atom is -0.495 e. The number of methoxy groups -OCH3 is 1. The predicted octanol–water partition coefficient (Wildman–Crippen LogP) is 3.89. The van der Waals surface area contributed by atoms with Gasteiger partial charge in [-0.15, -0.1) is 0 Å².